The first kappa shape index (κ1) is 14.1. The van der Waals surface area contributed by atoms with E-state index in [9.17, 15) is 4.79 Å². The fourth-order valence-corrected chi connectivity index (χ4v) is 1.63. The van der Waals surface area contributed by atoms with Crippen molar-refractivity contribution in [2.45, 2.75) is 12.8 Å². The number of unbranched alkanes of at least 4 members (excludes halogenated alkanes) is 1. The lowest BCUT2D eigenvalue weighted by Gasteiger charge is -2.08. The Balaban J connectivity index is 2.69. The summed E-state index contributed by atoms with van der Waals surface area (Å²) in [5.74, 6) is -0.567. The van der Waals surface area contributed by atoms with Crippen molar-refractivity contribution in [2.24, 2.45) is 0 Å². The second-order valence-corrected chi connectivity index (χ2v) is 4.22. The number of esters is 1. The summed E-state index contributed by atoms with van der Waals surface area (Å²) < 4.78 is 4.97. The predicted molar refractivity (Wildman–Crippen MR) is 67.5 cm³/mol. The summed E-state index contributed by atoms with van der Waals surface area (Å²) in [6, 6.07) is 2.88. The third-order valence-corrected chi connectivity index (χ3v) is 2.86. The molecule has 0 aliphatic carbocycles. The second-order valence-electron chi connectivity index (χ2n) is 3.43. The van der Waals surface area contributed by atoms with Gasteiger partial charge in [0.2, 0.25) is 0 Å². The largest absolute Gasteiger partial charge is 0.462 e. The van der Waals surface area contributed by atoms with Crippen LogP contribution < -0.4 is 5.73 Å². The Kier molecular flexibility index (Phi) is 5.55. The van der Waals surface area contributed by atoms with E-state index in [1.54, 1.807) is 0 Å². The number of anilines is 1. The summed E-state index contributed by atoms with van der Waals surface area (Å²) in [4.78, 5) is 11.6. The predicted octanol–water partition coefficient (Wildman–Crippen LogP) is 2.50. The topological polar surface area (TPSA) is 72.6 Å². The van der Waals surface area contributed by atoms with Crippen LogP contribution in [0, 0.1) is 0 Å². The summed E-state index contributed by atoms with van der Waals surface area (Å²) in [5, 5.41) is 8.92. The average molecular weight is 278 g/mol. The summed E-state index contributed by atoms with van der Waals surface area (Å²) in [7, 11) is 0. The van der Waals surface area contributed by atoms with Crippen molar-refractivity contribution in [2.75, 3.05) is 18.9 Å². The van der Waals surface area contributed by atoms with E-state index in [0.717, 1.165) is 0 Å². The zero-order valence-corrected chi connectivity index (χ0v) is 10.6. The molecular weight excluding hydrogens is 265 g/mol. The zero-order valence-electron chi connectivity index (χ0n) is 9.08. The number of benzene rings is 1. The standard InChI is InChI=1S/C11H13Cl2NO3/c12-9-6-7(14)5-8(10(9)13)11(16)17-4-2-1-3-15/h5-6,15H,1-4,14H2. The van der Waals surface area contributed by atoms with E-state index in [1.165, 1.54) is 12.1 Å². The van der Waals surface area contributed by atoms with Gasteiger partial charge >= 0.3 is 5.97 Å². The van der Waals surface area contributed by atoms with Crippen LogP contribution in [0.15, 0.2) is 12.1 Å². The average Bonchev–Trinajstić information content (AvgIpc) is 2.29. The number of hydrogen-bond donors (Lipinski definition) is 2. The third-order valence-electron chi connectivity index (χ3n) is 2.06. The number of nitrogen functional groups attached to an aromatic ring is 1. The Bertz CT molecular complexity index is 410. The molecule has 0 spiro atoms. The van der Waals surface area contributed by atoms with Crippen LogP contribution in [-0.2, 0) is 4.74 Å². The Hall–Kier alpha value is -0.970. The van der Waals surface area contributed by atoms with E-state index in [4.69, 9.17) is 38.8 Å². The van der Waals surface area contributed by atoms with Crippen molar-refractivity contribution in [1.82, 2.24) is 0 Å². The second kappa shape index (κ2) is 6.69. The molecule has 0 unspecified atom stereocenters. The maximum absolute atomic E-state index is 11.6. The fourth-order valence-electron chi connectivity index (χ4n) is 1.22. The van der Waals surface area contributed by atoms with Crippen LogP contribution in [0.2, 0.25) is 10.0 Å². The number of aliphatic hydroxyl groups excluding tert-OH is 1. The number of aliphatic hydroxyl groups is 1. The first-order valence-electron chi connectivity index (χ1n) is 5.08. The van der Waals surface area contributed by atoms with Gasteiger partial charge in [0.05, 0.1) is 22.2 Å². The minimum atomic E-state index is -0.567. The minimum absolute atomic E-state index is 0.0718. The van der Waals surface area contributed by atoms with Crippen molar-refractivity contribution >= 4 is 34.9 Å². The number of rotatable bonds is 5. The van der Waals surface area contributed by atoms with Crippen molar-refractivity contribution in [3.05, 3.63) is 27.7 Å². The first-order chi connectivity index (χ1) is 8.06. The van der Waals surface area contributed by atoms with Crippen molar-refractivity contribution in [3.63, 3.8) is 0 Å². The molecule has 0 saturated heterocycles. The molecular formula is C11H13Cl2NO3. The highest BCUT2D eigenvalue weighted by atomic mass is 35.5. The molecule has 0 aliphatic heterocycles. The quantitative estimate of drug-likeness (QED) is 0.493. The Morgan fingerprint density at radius 3 is 2.71 bits per heavy atom. The number of carbonyl (C=O) groups is 1. The molecule has 0 amide bonds. The summed E-state index contributed by atoms with van der Waals surface area (Å²) in [6.07, 6.45) is 1.18. The third kappa shape index (κ3) is 4.07. The van der Waals surface area contributed by atoms with Crippen LogP contribution in [0.3, 0.4) is 0 Å². The number of hydrogen-bond acceptors (Lipinski definition) is 4. The molecule has 4 nitrogen and oxygen atoms in total. The molecule has 0 saturated carbocycles. The van der Waals surface area contributed by atoms with Gasteiger partial charge in [-0.2, -0.15) is 0 Å². The maximum atomic E-state index is 11.6. The number of ether oxygens (including phenoxy) is 1. The van der Waals surface area contributed by atoms with Gasteiger partial charge < -0.3 is 15.6 Å². The smallest absolute Gasteiger partial charge is 0.339 e. The molecule has 1 rings (SSSR count). The molecule has 0 bridgehead atoms. The SMILES string of the molecule is Nc1cc(Cl)c(Cl)c(C(=O)OCCCCO)c1. The Morgan fingerprint density at radius 2 is 2.06 bits per heavy atom. The van der Waals surface area contributed by atoms with Crippen LogP contribution in [0.1, 0.15) is 23.2 Å². The zero-order chi connectivity index (χ0) is 12.8. The van der Waals surface area contributed by atoms with Crippen LogP contribution in [0.4, 0.5) is 5.69 Å². The Morgan fingerprint density at radius 1 is 1.35 bits per heavy atom. The van der Waals surface area contributed by atoms with Gasteiger partial charge in [-0.1, -0.05) is 23.2 Å². The van der Waals surface area contributed by atoms with Crippen LogP contribution in [0.25, 0.3) is 0 Å². The highest BCUT2D eigenvalue weighted by Crippen LogP contribution is 2.29. The van der Waals surface area contributed by atoms with Crippen molar-refractivity contribution in [3.8, 4) is 0 Å². The van der Waals surface area contributed by atoms with Gasteiger partial charge in [-0.25, -0.2) is 4.79 Å². The van der Waals surface area contributed by atoms with Gasteiger partial charge in [0.1, 0.15) is 0 Å². The molecule has 1 aromatic carbocycles. The van der Waals surface area contributed by atoms with Crippen LogP contribution in [0.5, 0.6) is 0 Å². The number of nitrogens with two attached hydrogens (primary N) is 1. The molecule has 0 fully saturated rings. The molecule has 6 heteroatoms. The fraction of sp³-hybridized carbons (Fsp3) is 0.364. The summed E-state index contributed by atoms with van der Waals surface area (Å²) >= 11 is 11.7. The molecule has 0 aliphatic rings. The van der Waals surface area contributed by atoms with Crippen LogP contribution >= 0.6 is 23.2 Å². The van der Waals surface area contributed by atoms with Gasteiger partial charge in [0.15, 0.2) is 0 Å². The van der Waals surface area contributed by atoms with E-state index < -0.39 is 5.97 Å². The van der Waals surface area contributed by atoms with Crippen molar-refractivity contribution in [1.29, 1.82) is 0 Å². The van der Waals surface area contributed by atoms with Crippen LogP contribution in [-0.4, -0.2) is 24.3 Å². The summed E-state index contributed by atoms with van der Waals surface area (Å²) in [5.41, 5.74) is 6.06. The molecule has 0 radical (unpaired) electrons. The maximum Gasteiger partial charge on any atom is 0.339 e. The molecule has 1 aromatic rings. The number of carbonyl (C=O) groups excluding carboxylic acids is 1. The van der Waals surface area contributed by atoms with Gasteiger partial charge in [-0.3, -0.25) is 0 Å². The molecule has 0 atom stereocenters. The lowest BCUT2D eigenvalue weighted by Crippen LogP contribution is -2.08. The van der Waals surface area contributed by atoms with Gasteiger partial charge in [0, 0.05) is 12.3 Å². The monoisotopic (exact) mass is 277 g/mol. The van der Waals surface area contributed by atoms with Crippen molar-refractivity contribution < 1.29 is 14.6 Å². The van der Waals surface area contributed by atoms with Gasteiger partial charge in [0.25, 0.3) is 0 Å². The van der Waals surface area contributed by atoms with E-state index in [0.29, 0.717) is 18.5 Å². The minimum Gasteiger partial charge on any atom is -0.462 e. The molecule has 3 N–H and O–H groups in total. The lowest BCUT2D eigenvalue weighted by atomic mass is 10.2. The van der Waals surface area contributed by atoms with E-state index >= 15 is 0 Å². The normalized spacial score (nSPS) is 10.3. The molecule has 0 aromatic heterocycles. The lowest BCUT2D eigenvalue weighted by molar-refractivity contribution is 0.0493. The van der Waals surface area contributed by atoms with Gasteiger partial charge in [-0.05, 0) is 25.0 Å². The van der Waals surface area contributed by atoms with E-state index in [-0.39, 0.29) is 28.8 Å². The molecule has 0 heterocycles. The molecule has 94 valence electrons. The highest BCUT2D eigenvalue weighted by molar-refractivity contribution is 6.44. The first-order valence-corrected chi connectivity index (χ1v) is 5.84. The summed E-state index contributed by atoms with van der Waals surface area (Å²) in [6.45, 7) is 0.296. The highest BCUT2D eigenvalue weighted by Gasteiger charge is 2.15. The Labute approximate surface area is 109 Å². The van der Waals surface area contributed by atoms with Gasteiger partial charge in [-0.15, -0.1) is 0 Å². The number of halogens is 2. The van der Waals surface area contributed by atoms with E-state index in [1.807, 2.05) is 0 Å². The van der Waals surface area contributed by atoms with E-state index in [2.05, 4.69) is 0 Å². The molecule has 17 heavy (non-hydrogen) atoms.